The Bertz CT molecular complexity index is 763. The Labute approximate surface area is 151 Å². The molecule has 0 saturated carbocycles. The Morgan fingerprint density at radius 3 is 2.65 bits per heavy atom. The van der Waals surface area contributed by atoms with Crippen LogP contribution in [0.2, 0.25) is 0 Å². The minimum absolute atomic E-state index is 0.0898. The molecule has 0 spiro atoms. The predicted molar refractivity (Wildman–Crippen MR) is 91.7 cm³/mol. The average Bonchev–Trinajstić information content (AvgIpc) is 3.08. The largest absolute Gasteiger partial charge is 0.573 e. The van der Waals surface area contributed by atoms with E-state index in [-0.39, 0.29) is 11.9 Å². The summed E-state index contributed by atoms with van der Waals surface area (Å²) in [5.74, 6) is 1.54. The third kappa shape index (κ3) is 5.29. The van der Waals surface area contributed by atoms with Crippen LogP contribution in [0.4, 0.5) is 18.9 Å². The van der Waals surface area contributed by atoms with Gasteiger partial charge in [0.2, 0.25) is 5.88 Å². The smallest absolute Gasteiger partial charge is 0.473 e. The summed E-state index contributed by atoms with van der Waals surface area (Å²) in [6.07, 6.45) is -2.25. The van der Waals surface area contributed by atoms with E-state index >= 15 is 0 Å². The number of amides is 1. The van der Waals surface area contributed by atoms with Crippen molar-refractivity contribution >= 4 is 23.4 Å². The Morgan fingerprint density at radius 1 is 1.23 bits per heavy atom. The second kappa shape index (κ2) is 7.86. The molecule has 1 saturated heterocycles. The molecule has 0 radical (unpaired) electrons. The number of carbonyl (C=O) groups excluding carboxylic acids is 1. The Kier molecular flexibility index (Phi) is 5.55. The summed E-state index contributed by atoms with van der Waals surface area (Å²) in [4.78, 5) is 16.4. The minimum atomic E-state index is -4.75. The van der Waals surface area contributed by atoms with E-state index in [9.17, 15) is 18.0 Å². The highest BCUT2D eigenvalue weighted by Gasteiger charge is 2.31. The number of hydrogen-bond donors (Lipinski definition) is 1. The number of halogens is 3. The lowest BCUT2D eigenvalue weighted by atomic mass is 10.2. The van der Waals surface area contributed by atoms with Crippen molar-refractivity contribution in [3.05, 3.63) is 48.2 Å². The average molecular weight is 384 g/mol. The molecule has 1 aromatic heterocycles. The van der Waals surface area contributed by atoms with Crippen molar-refractivity contribution in [2.45, 2.75) is 18.9 Å². The lowest BCUT2D eigenvalue weighted by Gasteiger charge is -2.12. The number of rotatable bonds is 5. The van der Waals surface area contributed by atoms with Gasteiger partial charge in [-0.15, -0.1) is 13.2 Å². The normalized spacial score (nSPS) is 17.0. The predicted octanol–water partition coefficient (Wildman–Crippen LogP) is 4.12. The van der Waals surface area contributed by atoms with Gasteiger partial charge < -0.3 is 14.8 Å². The number of thioether (sulfide) groups is 1. The first-order valence-corrected chi connectivity index (χ1v) is 8.92. The fourth-order valence-corrected chi connectivity index (χ4v) is 3.43. The standard InChI is InChI=1S/C17H15F3N2O3S/c18-17(19,20)25-13-3-1-12(2-4-13)22-16(23)11-5-7-21-15(9-11)24-14-6-8-26-10-14/h1-5,7,9,14H,6,8,10H2,(H,22,23). The van der Waals surface area contributed by atoms with Gasteiger partial charge in [0.05, 0.1) is 0 Å². The first kappa shape index (κ1) is 18.4. The molecule has 0 bridgehead atoms. The van der Waals surface area contributed by atoms with Crippen LogP contribution in [0.5, 0.6) is 11.6 Å². The first-order chi connectivity index (χ1) is 12.4. The van der Waals surface area contributed by atoms with E-state index < -0.39 is 12.3 Å². The number of benzene rings is 1. The van der Waals surface area contributed by atoms with Gasteiger partial charge in [0.1, 0.15) is 11.9 Å². The molecule has 1 unspecified atom stereocenters. The van der Waals surface area contributed by atoms with Crippen LogP contribution in [0.25, 0.3) is 0 Å². The van der Waals surface area contributed by atoms with E-state index in [4.69, 9.17) is 4.74 Å². The summed E-state index contributed by atoms with van der Waals surface area (Å²) < 4.78 is 46.0. The van der Waals surface area contributed by atoms with Gasteiger partial charge in [-0.25, -0.2) is 4.98 Å². The van der Waals surface area contributed by atoms with Crippen molar-refractivity contribution < 1.29 is 27.4 Å². The molecule has 0 aliphatic carbocycles. The molecule has 1 aliphatic rings. The first-order valence-electron chi connectivity index (χ1n) is 7.77. The fourth-order valence-electron chi connectivity index (χ4n) is 2.33. The zero-order chi connectivity index (χ0) is 18.6. The van der Waals surface area contributed by atoms with Crippen LogP contribution in [0.15, 0.2) is 42.6 Å². The van der Waals surface area contributed by atoms with E-state index in [1.807, 2.05) is 0 Å². The van der Waals surface area contributed by atoms with E-state index in [2.05, 4.69) is 15.0 Å². The van der Waals surface area contributed by atoms with Gasteiger partial charge in [-0.05, 0) is 42.5 Å². The Balaban J connectivity index is 1.62. The molecule has 2 aromatic rings. The van der Waals surface area contributed by atoms with Gasteiger partial charge in [0, 0.05) is 29.3 Å². The Morgan fingerprint density at radius 2 is 2.00 bits per heavy atom. The lowest BCUT2D eigenvalue weighted by molar-refractivity contribution is -0.274. The van der Waals surface area contributed by atoms with Gasteiger partial charge in [-0.1, -0.05) is 0 Å². The molecule has 26 heavy (non-hydrogen) atoms. The molecule has 1 aromatic carbocycles. The Hall–Kier alpha value is -2.42. The molecule has 1 amide bonds. The maximum absolute atomic E-state index is 12.3. The highest BCUT2D eigenvalue weighted by molar-refractivity contribution is 7.99. The number of ether oxygens (including phenoxy) is 2. The van der Waals surface area contributed by atoms with Crippen LogP contribution in [0.3, 0.4) is 0 Å². The summed E-state index contributed by atoms with van der Waals surface area (Å²) in [5.41, 5.74) is 0.687. The number of hydrogen-bond acceptors (Lipinski definition) is 5. The maximum atomic E-state index is 12.3. The van der Waals surface area contributed by atoms with Gasteiger partial charge in [-0.2, -0.15) is 11.8 Å². The van der Waals surface area contributed by atoms with Crippen LogP contribution >= 0.6 is 11.8 Å². The summed E-state index contributed by atoms with van der Waals surface area (Å²) in [6, 6.07) is 7.98. The van der Waals surface area contributed by atoms with Gasteiger partial charge in [0.15, 0.2) is 0 Å². The van der Waals surface area contributed by atoms with Crippen LogP contribution in [0, 0.1) is 0 Å². The van der Waals surface area contributed by atoms with Crippen LogP contribution < -0.4 is 14.8 Å². The highest BCUT2D eigenvalue weighted by atomic mass is 32.2. The number of pyridine rings is 1. The molecule has 138 valence electrons. The highest BCUT2D eigenvalue weighted by Crippen LogP contribution is 2.25. The molecule has 1 fully saturated rings. The summed E-state index contributed by atoms with van der Waals surface area (Å²) in [6.45, 7) is 0. The molecule has 1 N–H and O–H groups in total. The molecule has 9 heteroatoms. The molecular formula is C17H15F3N2O3S. The third-order valence-electron chi connectivity index (χ3n) is 3.52. The second-order valence-corrected chi connectivity index (χ2v) is 6.66. The lowest BCUT2D eigenvalue weighted by Crippen LogP contribution is -2.17. The van der Waals surface area contributed by atoms with Gasteiger partial charge >= 0.3 is 6.36 Å². The van der Waals surface area contributed by atoms with Crippen LogP contribution in [-0.4, -0.2) is 34.9 Å². The van der Waals surface area contributed by atoms with E-state index in [1.165, 1.54) is 24.4 Å². The molecule has 1 atom stereocenters. The van der Waals surface area contributed by atoms with Crippen LogP contribution in [-0.2, 0) is 0 Å². The molecule has 2 heterocycles. The number of nitrogens with zero attached hydrogens (tertiary/aromatic N) is 1. The van der Waals surface area contributed by atoms with Crippen molar-refractivity contribution in [3.8, 4) is 11.6 Å². The third-order valence-corrected chi connectivity index (χ3v) is 4.65. The van der Waals surface area contributed by atoms with Gasteiger partial charge in [-0.3, -0.25) is 4.79 Å². The monoisotopic (exact) mass is 384 g/mol. The van der Waals surface area contributed by atoms with E-state index in [1.54, 1.807) is 17.8 Å². The minimum Gasteiger partial charge on any atom is -0.473 e. The molecule has 3 rings (SSSR count). The zero-order valence-electron chi connectivity index (χ0n) is 13.5. The van der Waals surface area contributed by atoms with Crippen molar-refractivity contribution in [2.24, 2.45) is 0 Å². The number of nitrogens with one attached hydrogen (secondary N) is 1. The SMILES string of the molecule is O=C(Nc1ccc(OC(F)(F)F)cc1)c1ccnc(OC2CCSC2)c1. The number of alkyl halides is 3. The van der Waals surface area contributed by atoms with E-state index in [0.29, 0.717) is 17.1 Å². The van der Waals surface area contributed by atoms with Crippen molar-refractivity contribution in [1.82, 2.24) is 4.98 Å². The zero-order valence-corrected chi connectivity index (χ0v) is 14.3. The fraction of sp³-hybridized carbons (Fsp3) is 0.294. The summed E-state index contributed by atoms with van der Waals surface area (Å²) >= 11 is 1.81. The van der Waals surface area contributed by atoms with E-state index in [0.717, 1.165) is 30.1 Å². The maximum Gasteiger partial charge on any atom is 0.573 e. The molecule has 1 aliphatic heterocycles. The molecular weight excluding hydrogens is 369 g/mol. The van der Waals surface area contributed by atoms with Crippen molar-refractivity contribution in [2.75, 3.05) is 16.8 Å². The quantitative estimate of drug-likeness (QED) is 0.841. The number of aromatic nitrogens is 1. The number of anilines is 1. The van der Waals surface area contributed by atoms with Gasteiger partial charge in [0.25, 0.3) is 5.91 Å². The van der Waals surface area contributed by atoms with Crippen molar-refractivity contribution in [1.29, 1.82) is 0 Å². The topological polar surface area (TPSA) is 60.5 Å². The number of carbonyl (C=O) groups is 1. The van der Waals surface area contributed by atoms with Crippen molar-refractivity contribution in [3.63, 3.8) is 0 Å². The summed E-state index contributed by atoms with van der Waals surface area (Å²) in [5, 5.41) is 2.61. The molecule has 5 nitrogen and oxygen atoms in total. The van der Waals surface area contributed by atoms with Crippen LogP contribution in [0.1, 0.15) is 16.8 Å². The second-order valence-electron chi connectivity index (χ2n) is 5.51. The summed E-state index contributed by atoms with van der Waals surface area (Å²) in [7, 11) is 0.